The lowest BCUT2D eigenvalue weighted by atomic mass is 10.0. The first-order valence-electron chi connectivity index (χ1n) is 16.2. The van der Waals surface area contributed by atoms with Gasteiger partial charge in [0.1, 0.15) is 24.3 Å². The van der Waals surface area contributed by atoms with Gasteiger partial charge in [-0.25, -0.2) is 9.59 Å². The number of amides is 2. The highest BCUT2D eigenvalue weighted by Crippen LogP contribution is 2.39. The highest BCUT2D eigenvalue weighted by Gasteiger charge is 2.37. The van der Waals surface area contributed by atoms with Gasteiger partial charge in [-0.3, -0.25) is 19.4 Å². The van der Waals surface area contributed by atoms with Crippen molar-refractivity contribution in [3.05, 3.63) is 69.8 Å². The Labute approximate surface area is 292 Å². The van der Waals surface area contributed by atoms with Crippen molar-refractivity contribution in [2.24, 2.45) is 10.9 Å². The molecule has 2 amide bonds. The van der Waals surface area contributed by atoms with Gasteiger partial charge in [-0.05, 0) is 95.5 Å². The van der Waals surface area contributed by atoms with Crippen LogP contribution in [0.5, 0.6) is 0 Å². The maximum Gasteiger partial charge on any atom is 0.411 e. The molecule has 0 aromatic heterocycles. The number of esters is 2. The Kier molecular flexibility index (Phi) is 12.8. The number of benzene rings is 2. The lowest BCUT2D eigenvalue weighted by Crippen LogP contribution is -2.42. The summed E-state index contributed by atoms with van der Waals surface area (Å²) < 4.78 is 20.3. The van der Waals surface area contributed by atoms with Crippen molar-refractivity contribution in [3.63, 3.8) is 0 Å². The van der Waals surface area contributed by atoms with E-state index in [0.29, 0.717) is 36.8 Å². The minimum Gasteiger partial charge on any atom is -0.468 e. The number of carbonyl (C=O) groups is 4. The van der Waals surface area contributed by atoms with Gasteiger partial charge >= 0.3 is 24.1 Å². The van der Waals surface area contributed by atoms with E-state index < -0.39 is 35.3 Å². The topological polar surface area (TPSA) is 194 Å². The molecule has 14 heteroatoms. The summed E-state index contributed by atoms with van der Waals surface area (Å²) in [6.45, 7) is 10.2. The molecule has 0 saturated carbocycles. The number of ether oxygens (including phenoxy) is 4. The maximum atomic E-state index is 12.7. The SMILES string of the molecule is COC(=O)CN(C(=O)OC(C)(C)C)[C@H]1CCc2c(/C(N)=N\O)cccc21.COC(=O)CN(C(=O)OC(C)(C)C)[C@H]1CCc2c(C#N)cccc21. The van der Waals surface area contributed by atoms with Gasteiger partial charge in [0.2, 0.25) is 0 Å². The Morgan fingerprint density at radius 2 is 1.26 bits per heavy atom. The van der Waals surface area contributed by atoms with Crippen LogP contribution in [0.3, 0.4) is 0 Å². The van der Waals surface area contributed by atoms with Gasteiger partial charge in [0.25, 0.3) is 0 Å². The van der Waals surface area contributed by atoms with E-state index in [4.69, 9.17) is 29.9 Å². The molecule has 50 heavy (non-hydrogen) atoms. The Balaban J connectivity index is 0.000000271. The minimum atomic E-state index is -0.692. The lowest BCUT2D eigenvalue weighted by molar-refractivity contribution is -0.143. The van der Waals surface area contributed by atoms with E-state index in [2.05, 4.69) is 11.2 Å². The summed E-state index contributed by atoms with van der Waals surface area (Å²) in [5.41, 5.74) is 9.20. The number of hydrogen-bond donors (Lipinski definition) is 2. The number of methoxy groups -OCH3 is 2. The molecule has 4 rings (SSSR count). The molecule has 3 N–H and O–H groups in total. The number of hydrogen-bond acceptors (Lipinski definition) is 11. The fraction of sp³-hybridized carbons (Fsp3) is 0.500. The van der Waals surface area contributed by atoms with Crippen LogP contribution in [0, 0.1) is 11.3 Å². The van der Waals surface area contributed by atoms with E-state index in [-0.39, 0.29) is 31.0 Å². The van der Waals surface area contributed by atoms with Crippen LogP contribution in [0.4, 0.5) is 9.59 Å². The zero-order valence-electron chi connectivity index (χ0n) is 29.9. The lowest BCUT2D eigenvalue weighted by Gasteiger charge is -2.31. The predicted molar refractivity (Wildman–Crippen MR) is 182 cm³/mol. The summed E-state index contributed by atoms with van der Waals surface area (Å²) in [7, 11) is 2.56. The molecule has 2 aromatic carbocycles. The van der Waals surface area contributed by atoms with Gasteiger partial charge in [0, 0.05) is 5.56 Å². The molecule has 0 spiro atoms. The van der Waals surface area contributed by atoms with Crippen molar-refractivity contribution in [2.75, 3.05) is 27.3 Å². The molecule has 2 atom stereocenters. The molecular weight excluding hydrogens is 646 g/mol. The largest absolute Gasteiger partial charge is 0.468 e. The third-order valence-electron chi connectivity index (χ3n) is 8.04. The van der Waals surface area contributed by atoms with Gasteiger partial charge < -0.3 is 29.9 Å². The van der Waals surface area contributed by atoms with Crippen molar-refractivity contribution in [1.29, 1.82) is 5.26 Å². The second-order valence-corrected chi connectivity index (χ2v) is 13.8. The van der Waals surface area contributed by atoms with Crippen LogP contribution >= 0.6 is 0 Å². The van der Waals surface area contributed by atoms with E-state index in [9.17, 15) is 24.4 Å². The van der Waals surface area contributed by atoms with Gasteiger partial charge in [0.15, 0.2) is 5.84 Å². The van der Waals surface area contributed by atoms with Crippen molar-refractivity contribution >= 4 is 30.0 Å². The van der Waals surface area contributed by atoms with Crippen LogP contribution in [-0.2, 0) is 41.4 Å². The second-order valence-electron chi connectivity index (χ2n) is 13.8. The molecular formula is C36H47N5O9. The van der Waals surface area contributed by atoms with Crippen LogP contribution in [0.2, 0.25) is 0 Å². The second kappa shape index (κ2) is 16.4. The Hall–Kier alpha value is -5.32. The number of amidine groups is 1. The normalized spacial score (nSPS) is 16.4. The Morgan fingerprint density at radius 1 is 0.820 bits per heavy atom. The van der Waals surface area contributed by atoms with Crippen LogP contribution in [-0.4, -0.2) is 83.5 Å². The number of nitrogens with zero attached hydrogens (tertiary/aromatic N) is 4. The fourth-order valence-electron chi connectivity index (χ4n) is 5.96. The number of nitrogens with two attached hydrogens (primary N) is 1. The van der Waals surface area contributed by atoms with E-state index in [0.717, 1.165) is 22.3 Å². The van der Waals surface area contributed by atoms with E-state index in [1.807, 2.05) is 12.1 Å². The summed E-state index contributed by atoms with van der Waals surface area (Å²) >= 11 is 0. The van der Waals surface area contributed by atoms with Crippen LogP contribution in [0.1, 0.15) is 99.8 Å². The van der Waals surface area contributed by atoms with Crippen molar-refractivity contribution in [1.82, 2.24) is 9.80 Å². The third kappa shape index (κ3) is 9.87. The van der Waals surface area contributed by atoms with Crippen LogP contribution in [0.25, 0.3) is 0 Å². The Morgan fingerprint density at radius 3 is 1.68 bits per heavy atom. The first kappa shape index (κ1) is 39.1. The van der Waals surface area contributed by atoms with Gasteiger partial charge in [-0.2, -0.15) is 5.26 Å². The first-order valence-corrected chi connectivity index (χ1v) is 16.2. The molecule has 0 bridgehead atoms. The fourth-order valence-corrected chi connectivity index (χ4v) is 5.96. The van der Waals surface area contributed by atoms with Crippen molar-refractivity contribution < 1.29 is 43.3 Å². The maximum absolute atomic E-state index is 12.7. The minimum absolute atomic E-state index is 0.0132. The summed E-state index contributed by atoms with van der Waals surface area (Å²) in [5.74, 6) is -1.03. The number of fused-ring (bicyclic) bond motifs is 2. The van der Waals surface area contributed by atoms with Gasteiger partial charge in [-0.15, -0.1) is 0 Å². The zero-order chi connectivity index (χ0) is 37.4. The molecule has 0 fully saturated rings. The van der Waals surface area contributed by atoms with E-state index >= 15 is 0 Å². The highest BCUT2D eigenvalue weighted by molar-refractivity contribution is 5.99. The summed E-state index contributed by atoms with van der Waals surface area (Å²) in [5, 5.41) is 21.3. The molecule has 2 aromatic rings. The molecule has 0 aliphatic heterocycles. The average molecular weight is 694 g/mol. The summed E-state index contributed by atoms with van der Waals surface area (Å²) in [4.78, 5) is 51.6. The van der Waals surface area contributed by atoms with Gasteiger partial charge in [-0.1, -0.05) is 35.5 Å². The number of oxime groups is 1. The van der Waals surface area contributed by atoms with Crippen molar-refractivity contribution in [3.8, 4) is 6.07 Å². The predicted octanol–water partition coefficient (Wildman–Crippen LogP) is 5.13. The molecule has 14 nitrogen and oxygen atoms in total. The van der Waals surface area contributed by atoms with Crippen molar-refractivity contribution in [2.45, 2.75) is 90.5 Å². The smallest absolute Gasteiger partial charge is 0.411 e. The number of nitriles is 1. The molecule has 2 aliphatic rings. The highest BCUT2D eigenvalue weighted by atomic mass is 16.6. The number of rotatable bonds is 7. The molecule has 0 radical (unpaired) electrons. The monoisotopic (exact) mass is 693 g/mol. The van der Waals surface area contributed by atoms with Crippen LogP contribution in [0.15, 0.2) is 41.6 Å². The van der Waals surface area contributed by atoms with E-state index in [1.165, 1.54) is 24.0 Å². The molecule has 0 saturated heterocycles. The summed E-state index contributed by atoms with van der Waals surface area (Å²) in [6.07, 6.45) is 1.41. The van der Waals surface area contributed by atoms with Crippen LogP contribution < -0.4 is 5.73 Å². The average Bonchev–Trinajstić information content (AvgIpc) is 3.68. The van der Waals surface area contributed by atoms with Gasteiger partial charge in [0.05, 0.1) is 37.9 Å². The first-order chi connectivity index (χ1) is 23.4. The standard InChI is InChI=1S/C18H25N3O5.C18H22N2O4/c1-18(2,3)26-17(23)21(10-15(22)25-4)14-9-8-11-12(14)6-5-7-13(11)16(19)20-24;1-18(2,3)24-17(22)20(11-16(21)23-4)15-9-8-13-12(10-19)6-5-7-14(13)15/h5-7,14,24H,8-10H2,1-4H3,(H2,19,20);5-7,15H,8-9,11H2,1-4H3/t14-;15-/m00/s1. The molecule has 0 heterocycles. The molecule has 0 unspecified atom stereocenters. The van der Waals surface area contributed by atoms with E-state index in [1.54, 1.807) is 65.8 Å². The molecule has 270 valence electrons. The number of carbonyl (C=O) groups excluding carboxylic acids is 4. The zero-order valence-corrected chi connectivity index (χ0v) is 29.9. The quantitative estimate of drug-likeness (QED) is 0.0974. The Bertz CT molecular complexity index is 1650. The molecule has 2 aliphatic carbocycles. The summed E-state index contributed by atoms with van der Waals surface area (Å²) in [6, 6.07) is 12.4. The third-order valence-corrected chi connectivity index (χ3v) is 8.04.